The highest BCUT2D eigenvalue weighted by Crippen LogP contribution is 2.37. The lowest BCUT2D eigenvalue weighted by Gasteiger charge is -2.39. The van der Waals surface area contributed by atoms with Crippen LogP contribution in [0.2, 0.25) is 0 Å². The van der Waals surface area contributed by atoms with Crippen molar-refractivity contribution < 1.29 is 4.79 Å². The Morgan fingerprint density at radius 1 is 1.27 bits per heavy atom. The van der Waals surface area contributed by atoms with E-state index in [-0.39, 0.29) is 12.4 Å². The summed E-state index contributed by atoms with van der Waals surface area (Å²) in [4.78, 5) is 14.6. The van der Waals surface area contributed by atoms with E-state index in [1.54, 1.807) is 0 Å². The molecule has 1 aliphatic carbocycles. The van der Waals surface area contributed by atoms with Gasteiger partial charge >= 0.3 is 0 Å². The average molecular weight is 331 g/mol. The summed E-state index contributed by atoms with van der Waals surface area (Å²) >= 11 is 0. The number of carbonyl (C=O) groups excluding carboxylic acids is 1. The van der Waals surface area contributed by atoms with Crippen molar-refractivity contribution in [3.05, 3.63) is 0 Å². The van der Waals surface area contributed by atoms with E-state index in [9.17, 15) is 4.79 Å². The van der Waals surface area contributed by atoms with Crippen molar-refractivity contribution in [2.75, 3.05) is 20.1 Å². The molecular formula is C18H35ClN2O. The first-order valence-electron chi connectivity index (χ1n) is 8.85. The third kappa shape index (κ3) is 5.42. The maximum atomic E-state index is 12.6. The largest absolute Gasteiger partial charge is 0.343 e. The number of amides is 1. The molecule has 0 bridgehead atoms. The van der Waals surface area contributed by atoms with E-state index in [2.05, 4.69) is 31.0 Å². The van der Waals surface area contributed by atoms with Gasteiger partial charge in [-0.25, -0.2) is 0 Å². The Balaban J connectivity index is 0.00000242. The minimum absolute atomic E-state index is 0. The molecule has 2 atom stereocenters. The van der Waals surface area contributed by atoms with Crippen LogP contribution in [-0.4, -0.2) is 37.0 Å². The van der Waals surface area contributed by atoms with Gasteiger partial charge < -0.3 is 10.2 Å². The Kier molecular flexibility index (Phi) is 7.67. The molecule has 1 amide bonds. The zero-order valence-corrected chi connectivity index (χ0v) is 15.7. The fourth-order valence-electron chi connectivity index (χ4n) is 3.93. The second kappa shape index (κ2) is 8.54. The quantitative estimate of drug-likeness (QED) is 0.848. The van der Waals surface area contributed by atoms with Crippen LogP contribution in [0.5, 0.6) is 0 Å². The minimum Gasteiger partial charge on any atom is -0.343 e. The molecule has 1 N–H and O–H groups in total. The van der Waals surface area contributed by atoms with Crippen molar-refractivity contribution >= 4 is 18.3 Å². The highest BCUT2D eigenvalue weighted by Gasteiger charge is 2.31. The zero-order valence-electron chi connectivity index (χ0n) is 14.9. The molecule has 3 nitrogen and oxygen atoms in total. The van der Waals surface area contributed by atoms with E-state index in [0.717, 1.165) is 19.5 Å². The molecule has 130 valence electrons. The van der Waals surface area contributed by atoms with Gasteiger partial charge in [0, 0.05) is 19.5 Å². The number of carbonyl (C=O) groups is 1. The first-order valence-corrected chi connectivity index (χ1v) is 8.85. The summed E-state index contributed by atoms with van der Waals surface area (Å²) in [6.07, 6.45) is 8.11. The molecule has 0 spiro atoms. The molecule has 2 unspecified atom stereocenters. The van der Waals surface area contributed by atoms with Gasteiger partial charge in [0.2, 0.25) is 5.91 Å². The van der Waals surface area contributed by atoms with Gasteiger partial charge in [0.15, 0.2) is 0 Å². The molecule has 1 heterocycles. The number of hydrogen-bond donors (Lipinski definition) is 1. The highest BCUT2D eigenvalue weighted by atomic mass is 35.5. The normalized spacial score (nSPS) is 26.8. The number of hydrogen-bond acceptors (Lipinski definition) is 2. The summed E-state index contributed by atoms with van der Waals surface area (Å²) in [5.74, 6) is 1.55. The maximum absolute atomic E-state index is 12.6. The summed E-state index contributed by atoms with van der Waals surface area (Å²) in [6.45, 7) is 9.20. The molecule has 2 rings (SSSR count). The summed E-state index contributed by atoms with van der Waals surface area (Å²) < 4.78 is 0. The van der Waals surface area contributed by atoms with Crippen molar-refractivity contribution in [3.8, 4) is 0 Å². The summed E-state index contributed by atoms with van der Waals surface area (Å²) in [5, 5.41) is 3.47. The van der Waals surface area contributed by atoms with Gasteiger partial charge in [0.25, 0.3) is 0 Å². The molecule has 0 aromatic heterocycles. The lowest BCUT2D eigenvalue weighted by molar-refractivity contribution is -0.134. The van der Waals surface area contributed by atoms with Gasteiger partial charge in [-0.1, -0.05) is 20.8 Å². The van der Waals surface area contributed by atoms with E-state index in [1.807, 2.05) is 7.05 Å². The second-order valence-electron chi connectivity index (χ2n) is 8.19. The van der Waals surface area contributed by atoms with Crippen molar-refractivity contribution in [3.63, 3.8) is 0 Å². The van der Waals surface area contributed by atoms with Crippen LogP contribution in [0.15, 0.2) is 0 Å². The molecule has 2 fully saturated rings. The number of nitrogens with one attached hydrogen (secondary N) is 1. The Morgan fingerprint density at radius 2 is 1.91 bits per heavy atom. The zero-order chi connectivity index (χ0) is 15.5. The first-order chi connectivity index (χ1) is 9.89. The van der Waals surface area contributed by atoms with Crippen molar-refractivity contribution in [1.29, 1.82) is 0 Å². The van der Waals surface area contributed by atoms with Crippen molar-refractivity contribution in [2.45, 2.75) is 71.8 Å². The number of rotatable bonds is 4. The molecule has 4 heteroatoms. The van der Waals surface area contributed by atoms with Gasteiger partial charge in [-0.05, 0) is 68.9 Å². The van der Waals surface area contributed by atoms with E-state index < -0.39 is 0 Å². The SMILES string of the molecule is CC(CC(=O)N(C)C1CCC(C)(C)CC1)C1CCCNC1.Cl. The van der Waals surface area contributed by atoms with E-state index >= 15 is 0 Å². The van der Waals surface area contributed by atoms with Crippen LogP contribution in [0, 0.1) is 17.3 Å². The molecule has 1 aliphatic heterocycles. The highest BCUT2D eigenvalue weighted by molar-refractivity contribution is 5.85. The lowest BCUT2D eigenvalue weighted by atomic mass is 9.75. The van der Waals surface area contributed by atoms with Gasteiger partial charge in [-0.15, -0.1) is 12.4 Å². The van der Waals surface area contributed by atoms with Crippen LogP contribution >= 0.6 is 12.4 Å². The van der Waals surface area contributed by atoms with Crippen LogP contribution < -0.4 is 5.32 Å². The molecule has 1 saturated heterocycles. The van der Waals surface area contributed by atoms with Crippen LogP contribution in [0.1, 0.15) is 65.7 Å². The molecule has 2 aliphatic rings. The number of halogens is 1. The van der Waals surface area contributed by atoms with Gasteiger partial charge in [-0.2, -0.15) is 0 Å². The Bertz CT molecular complexity index is 343. The summed E-state index contributed by atoms with van der Waals surface area (Å²) in [7, 11) is 2.02. The average Bonchev–Trinajstić information content (AvgIpc) is 2.47. The fraction of sp³-hybridized carbons (Fsp3) is 0.944. The van der Waals surface area contributed by atoms with E-state index in [4.69, 9.17) is 0 Å². The van der Waals surface area contributed by atoms with Crippen LogP contribution in [0.3, 0.4) is 0 Å². The third-order valence-corrected chi connectivity index (χ3v) is 5.89. The molecular weight excluding hydrogens is 296 g/mol. The van der Waals surface area contributed by atoms with Gasteiger partial charge in [-0.3, -0.25) is 4.79 Å². The van der Waals surface area contributed by atoms with E-state index in [1.165, 1.54) is 38.5 Å². The number of nitrogens with zero attached hydrogens (tertiary/aromatic N) is 1. The first kappa shape index (κ1) is 19.8. The summed E-state index contributed by atoms with van der Waals surface area (Å²) in [6, 6.07) is 0.474. The summed E-state index contributed by atoms with van der Waals surface area (Å²) in [5.41, 5.74) is 0.474. The molecule has 0 aromatic rings. The standard InChI is InChI=1S/C18H34N2O.ClH/c1-14(15-6-5-11-19-13-15)12-17(21)20(4)16-7-9-18(2,3)10-8-16;/h14-16,19H,5-13H2,1-4H3;1H. The monoisotopic (exact) mass is 330 g/mol. The number of piperidine rings is 1. The third-order valence-electron chi connectivity index (χ3n) is 5.89. The van der Waals surface area contributed by atoms with Crippen LogP contribution in [0.4, 0.5) is 0 Å². The smallest absolute Gasteiger partial charge is 0.222 e. The second-order valence-corrected chi connectivity index (χ2v) is 8.19. The Morgan fingerprint density at radius 3 is 2.45 bits per heavy atom. The molecule has 0 radical (unpaired) electrons. The predicted molar refractivity (Wildman–Crippen MR) is 95.4 cm³/mol. The van der Waals surface area contributed by atoms with Crippen LogP contribution in [-0.2, 0) is 4.79 Å². The van der Waals surface area contributed by atoms with Crippen molar-refractivity contribution in [1.82, 2.24) is 10.2 Å². The fourth-order valence-corrected chi connectivity index (χ4v) is 3.93. The van der Waals surface area contributed by atoms with Gasteiger partial charge in [0.05, 0.1) is 0 Å². The van der Waals surface area contributed by atoms with E-state index in [0.29, 0.717) is 29.2 Å². The molecule has 1 saturated carbocycles. The Hall–Kier alpha value is -0.280. The maximum Gasteiger partial charge on any atom is 0.222 e. The van der Waals surface area contributed by atoms with Crippen molar-refractivity contribution in [2.24, 2.45) is 17.3 Å². The molecule has 22 heavy (non-hydrogen) atoms. The molecule has 0 aromatic carbocycles. The Labute approximate surface area is 143 Å². The lowest BCUT2D eigenvalue weighted by Crippen LogP contribution is -2.42. The van der Waals surface area contributed by atoms with Gasteiger partial charge in [0.1, 0.15) is 0 Å². The predicted octanol–water partition coefficient (Wildman–Crippen LogP) is 3.86. The topological polar surface area (TPSA) is 32.3 Å². The van der Waals surface area contributed by atoms with Crippen LogP contribution in [0.25, 0.3) is 0 Å². The minimum atomic E-state index is 0.